The largest absolute Gasteiger partial charge is 0.444 e. The van der Waals surface area contributed by atoms with Gasteiger partial charge in [-0.3, -0.25) is 14.8 Å². The van der Waals surface area contributed by atoms with E-state index in [0.29, 0.717) is 13.2 Å². The number of ether oxygens (including phenoxy) is 2. The number of nitrogens with one attached hydrogen (secondary N) is 2. The molecule has 0 spiro atoms. The normalized spacial score (nSPS) is 17.3. The molecule has 2 rings (SSSR count). The Morgan fingerprint density at radius 2 is 2.14 bits per heavy atom. The Balaban J connectivity index is 2.01. The number of anilines is 2. The lowest BCUT2D eigenvalue weighted by Gasteiger charge is -2.34. The zero-order valence-electron chi connectivity index (χ0n) is 15.8. The molecule has 1 atom stereocenters. The second kappa shape index (κ2) is 9.06. The number of benzene rings is 1. The minimum Gasteiger partial charge on any atom is -0.444 e. The molecular weight excluding hydrogens is 392 g/mol. The molecule has 0 aromatic heterocycles. The van der Waals surface area contributed by atoms with Gasteiger partial charge in [-0.25, -0.2) is 13.2 Å². The molecule has 1 aromatic carbocycles. The first kappa shape index (κ1) is 21.7. The van der Waals surface area contributed by atoms with Crippen molar-refractivity contribution in [3.05, 3.63) is 28.3 Å². The number of rotatable bonds is 6. The predicted octanol–water partition coefficient (Wildman–Crippen LogP) is 1.58. The zero-order chi connectivity index (χ0) is 20.9. The minimum atomic E-state index is -2.92. The van der Waals surface area contributed by atoms with Crippen LogP contribution in [0.5, 0.6) is 0 Å². The van der Waals surface area contributed by atoms with E-state index in [1.54, 1.807) is 20.8 Å². The van der Waals surface area contributed by atoms with Crippen LogP contribution in [0.4, 0.5) is 21.9 Å². The van der Waals surface area contributed by atoms with Crippen molar-refractivity contribution >= 4 is 34.0 Å². The summed E-state index contributed by atoms with van der Waals surface area (Å²) < 4.78 is 34.5. The predicted molar refractivity (Wildman–Crippen MR) is 103 cm³/mol. The second-order valence-electron chi connectivity index (χ2n) is 7.16. The maximum Gasteiger partial charge on any atom is 0.410 e. The van der Waals surface area contributed by atoms with Gasteiger partial charge in [0.2, 0.25) is 10.9 Å². The van der Waals surface area contributed by atoms with Gasteiger partial charge >= 0.3 is 6.09 Å². The van der Waals surface area contributed by atoms with Gasteiger partial charge in [-0.15, -0.1) is 0 Å². The average Bonchev–Trinajstić information content (AvgIpc) is 2.58. The number of nitro benzene ring substituents is 1. The highest BCUT2D eigenvalue weighted by molar-refractivity contribution is 7.73. The van der Waals surface area contributed by atoms with E-state index in [-0.39, 0.29) is 36.3 Å². The van der Waals surface area contributed by atoms with E-state index >= 15 is 0 Å². The van der Waals surface area contributed by atoms with Crippen molar-refractivity contribution in [2.75, 3.05) is 36.3 Å². The fraction of sp³-hybridized carbons (Fsp3) is 0.562. The first-order valence-electron chi connectivity index (χ1n) is 8.58. The molecule has 2 N–H and O–H groups in total. The number of hydrogen-bond acceptors (Lipinski definition) is 8. The number of nitro groups is 1. The molecule has 1 unspecified atom stereocenters. The average molecular weight is 416 g/mol. The third-order valence-electron chi connectivity index (χ3n) is 3.73. The van der Waals surface area contributed by atoms with E-state index in [9.17, 15) is 23.3 Å². The van der Waals surface area contributed by atoms with E-state index in [2.05, 4.69) is 10.0 Å². The van der Waals surface area contributed by atoms with E-state index in [4.69, 9.17) is 9.47 Å². The van der Waals surface area contributed by atoms with Crippen molar-refractivity contribution < 1.29 is 27.6 Å². The monoisotopic (exact) mass is 416 g/mol. The lowest BCUT2D eigenvalue weighted by Crippen LogP contribution is -2.49. The molecule has 1 aliphatic heterocycles. The fourth-order valence-electron chi connectivity index (χ4n) is 2.57. The number of morpholine rings is 1. The van der Waals surface area contributed by atoms with Gasteiger partial charge < -0.3 is 19.7 Å². The Labute approximate surface area is 164 Å². The maximum absolute atomic E-state index is 12.2. The van der Waals surface area contributed by atoms with Gasteiger partial charge in [0.05, 0.1) is 29.9 Å². The highest BCUT2D eigenvalue weighted by Crippen LogP contribution is 2.28. The molecule has 1 aliphatic rings. The highest BCUT2D eigenvalue weighted by atomic mass is 32.2. The second-order valence-corrected chi connectivity index (χ2v) is 7.90. The Kier molecular flexibility index (Phi) is 7.02. The van der Waals surface area contributed by atoms with Crippen LogP contribution in [0.1, 0.15) is 20.8 Å². The quantitative estimate of drug-likeness (QED) is 0.361. The first-order valence-corrected chi connectivity index (χ1v) is 9.76. The van der Waals surface area contributed by atoms with Gasteiger partial charge in [0, 0.05) is 19.2 Å². The van der Waals surface area contributed by atoms with Crippen LogP contribution in [0.3, 0.4) is 0 Å². The van der Waals surface area contributed by atoms with Crippen LogP contribution in [0, 0.1) is 10.1 Å². The molecule has 11 nitrogen and oxygen atoms in total. The Hall–Kier alpha value is -2.60. The highest BCUT2D eigenvalue weighted by Gasteiger charge is 2.28. The van der Waals surface area contributed by atoms with Crippen LogP contribution in [0.25, 0.3) is 0 Å². The summed E-state index contributed by atoms with van der Waals surface area (Å²) in [6.45, 7) is 6.59. The molecule has 0 bridgehead atoms. The van der Waals surface area contributed by atoms with Gasteiger partial charge in [0.15, 0.2) is 0 Å². The molecule has 1 aromatic rings. The molecule has 12 heteroatoms. The number of nitrogens with zero attached hydrogens (tertiary/aromatic N) is 2. The molecule has 0 radical (unpaired) electrons. The van der Waals surface area contributed by atoms with Gasteiger partial charge in [-0.1, -0.05) is 0 Å². The number of amides is 1. The third kappa shape index (κ3) is 6.53. The van der Waals surface area contributed by atoms with Gasteiger partial charge in [-0.2, -0.15) is 0 Å². The van der Waals surface area contributed by atoms with Crippen LogP contribution in [-0.2, 0) is 20.4 Å². The molecule has 1 saturated heterocycles. The lowest BCUT2D eigenvalue weighted by atomic mass is 10.2. The molecule has 1 heterocycles. The van der Waals surface area contributed by atoms with Crippen molar-refractivity contribution in [1.82, 2.24) is 4.90 Å². The summed E-state index contributed by atoms with van der Waals surface area (Å²) in [6.07, 6.45) is -0.816. The molecule has 1 amide bonds. The fourth-order valence-corrected chi connectivity index (χ4v) is 2.92. The third-order valence-corrected chi connectivity index (χ3v) is 4.17. The van der Waals surface area contributed by atoms with Crippen LogP contribution >= 0.6 is 0 Å². The molecule has 28 heavy (non-hydrogen) atoms. The summed E-state index contributed by atoms with van der Waals surface area (Å²) in [4.78, 5) is 24.4. The van der Waals surface area contributed by atoms with Crippen molar-refractivity contribution in [2.24, 2.45) is 0 Å². The molecule has 0 saturated carbocycles. The minimum absolute atomic E-state index is 0.0957. The summed E-state index contributed by atoms with van der Waals surface area (Å²) in [7, 11) is -2.92. The lowest BCUT2D eigenvalue weighted by molar-refractivity contribution is -0.383. The van der Waals surface area contributed by atoms with Crippen LogP contribution < -0.4 is 10.0 Å². The van der Waals surface area contributed by atoms with E-state index in [1.807, 2.05) is 0 Å². The number of hydrogen-bond donors (Lipinski definition) is 3. The van der Waals surface area contributed by atoms with Crippen LogP contribution in [-0.4, -0.2) is 62.3 Å². The van der Waals surface area contributed by atoms with E-state index < -0.39 is 27.5 Å². The topological polar surface area (TPSA) is 140 Å². The molecule has 156 valence electrons. The molecule has 1 fully saturated rings. The van der Waals surface area contributed by atoms with Crippen molar-refractivity contribution in [2.45, 2.75) is 32.5 Å². The van der Waals surface area contributed by atoms with Gasteiger partial charge in [0.25, 0.3) is 5.69 Å². The summed E-state index contributed by atoms with van der Waals surface area (Å²) >= 11 is 0. The van der Waals surface area contributed by atoms with Crippen molar-refractivity contribution in [3.63, 3.8) is 0 Å². The van der Waals surface area contributed by atoms with E-state index in [1.165, 1.54) is 17.0 Å². The summed E-state index contributed by atoms with van der Waals surface area (Å²) in [5.74, 6) is 0. The van der Waals surface area contributed by atoms with Crippen LogP contribution in [0.15, 0.2) is 18.2 Å². The molecule has 0 aliphatic carbocycles. The summed E-state index contributed by atoms with van der Waals surface area (Å²) in [5.41, 5.74) is -0.566. The SMILES string of the molecule is CC(C)(C)OC(=O)N1CCOC(CNc2ccc(N[SH](=O)=O)cc2[N+](=O)[O-])C1. The molecular formula is C16H24N4O7S. The smallest absolute Gasteiger partial charge is 0.410 e. The maximum atomic E-state index is 12.2. The standard InChI is InChI=1S/C16H24N4O7S/c1-16(2,3)27-15(21)19-6-7-26-12(10-19)9-17-13-5-4-11(18-28(24)25)8-14(13)20(22)23/h4-5,8,12,17,28H,6-7,9-10H2,1-3H3,(H,18,24,25). The zero-order valence-corrected chi connectivity index (χ0v) is 16.7. The Morgan fingerprint density at radius 1 is 1.43 bits per heavy atom. The first-order chi connectivity index (χ1) is 13.0. The number of thiol groups is 1. The summed E-state index contributed by atoms with van der Waals surface area (Å²) in [5, 5.41) is 14.2. The van der Waals surface area contributed by atoms with Crippen molar-refractivity contribution in [1.29, 1.82) is 0 Å². The number of carbonyl (C=O) groups excluding carboxylic acids is 1. The Bertz CT molecular complexity index is 799. The van der Waals surface area contributed by atoms with E-state index in [0.717, 1.165) is 6.07 Å². The van der Waals surface area contributed by atoms with Gasteiger partial charge in [0.1, 0.15) is 11.3 Å². The Morgan fingerprint density at radius 3 is 2.75 bits per heavy atom. The summed E-state index contributed by atoms with van der Waals surface area (Å²) in [6, 6.07) is 3.95. The number of carbonyl (C=O) groups is 1. The van der Waals surface area contributed by atoms with Crippen LogP contribution in [0.2, 0.25) is 0 Å². The van der Waals surface area contributed by atoms with Gasteiger partial charge in [-0.05, 0) is 32.9 Å². The van der Waals surface area contributed by atoms with Crippen molar-refractivity contribution in [3.8, 4) is 0 Å².